The van der Waals surface area contributed by atoms with Gasteiger partial charge in [0.15, 0.2) is 0 Å². The predicted molar refractivity (Wildman–Crippen MR) is 65.8 cm³/mol. The minimum Gasteiger partial charge on any atom is -0.338 e. The van der Waals surface area contributed by atoms with Crippen LogP contribution in [0.3, 0.4) is 0 Å². The lowest BCUT2D eigenvalue weighted by Crippen LogP contribution is -2.28. The molecule has 0 unspecified atom stereocenters. The number of carbonyl (C=O) groups is 1. The van der Waals surface area contributed by atoms with Crippen LogP contribution >= 0.6 is 11.6 Å². The summed E-state index contributed by atoms with van der Waals surface area (Å²) in [5.74, 6) is -0.138. The molecule has 4 heteroatoms. The fraction of sp³-hybridized carbons (Fsp3) is 0.333. The molecule has 0 aliphatic rings. The van der Waals surface area contributed by atoms with Gasteiger partial charge in [0, 0.05) is 25.5 Å². The molecule has 0 radical (unpaired) electrons. The Balaban J connectivity index is 2.92. The number of hydrogen-bond acceptors (Lipinski definition) is 2. The molecule has 0 fully saturated rings. The third kappa shape index (κ3) is 3.07. The van der Waals surface area contributed by atoms with Gasteiger partial charge in [-0.15, -0.1) is 0 Å². The van der Waals surface area contributed by atoms with Gasteiger partial charge >= 0.3 is 0 Å². The molecule has 0 bridgehead atoms. The number of aromatic nitrogens is 1. The molecule has 1 heterocycles. The minimum atomic E-state index is -0.138. The number of rotatable bonds is 3. The maximum atomic E-state index is 12.0. The van der Waals surface area contributed by atoms with Crippen LogP contribution in [-0.4, -0.2) is 29.4 Å². The summed E-state index contributed by atoms with van der Waals surface area (Å²) in [7, 11) is 1.72. The first-order valence-electron chi connectivity index (χ1n) is 4.94. The van der Waals surface area contributed by atoms with Gasteiger partial charge in [-0.1, -0.05) is 23.8 Å². The molecule has 0 aliphatic carbocycles. The Morgan fingerprint density at radius 1 is 1.62 bits per heavy atom. The summed E-state index contributed by atoms with van der Waals surface area (Å²) in [4.78, 5) is 17.6. The summed E-state index contributed by atoms with van der Waals surface area (Å²) < 4.78 is 0. The Labute approximate surface area is 101 Å². The number of amides is 1. The summed E-state index contributed by atoms with van der Waals surface area (Å²) in [6, 6.07) is 1.68. The fourth-order valence-corrected chi connectivity index (χ4v) is 1.65. The molecule has 1 aromatic rings. The highest BCUT2D eigenvalue weighted by Crippen LogP contribution is 2.17. The largest absolute Gasteiger partial charge is 0.338 e. The van der Waals surface area contributed by atoms with Crippen LogP contribution in [0, 0.1) is 6.92 Å². The number of likely N-dealkylation sites (N-methyl/N-ethyl adjacent to an activating group) is 1. The molecule has 1 amide bonds. The third-order valence-corrected chi connectivity index (χ3v) is 2.39. The minimum absolute atomic E-state index is 0.138. The van der Waals surface area contributed by atoms with Gasteiger partial charge in [0.1, 0.15) is 0 Å². The van der Waals surface area contributed by atoms with Crippen LogP contribution in [0.2, 0.25) is 5.02 Å². The highest BCUT2D eigenvalue weighted by Gasteiger charge is 2.15. The number of hydrogen-bond donors (Lipinski definition) is 0. The van der Waals surface area contributed by atoms with E-state index in [2.05, 4.69) is 11.6 Å². The molecule has 16 heavy (non-hydrogen) atoms. The van der Waals surface area contributed by atoms with Gasteiger partial charge in [0.25, 0.3) is 5.91 Å². The number of halogens is 1. The second-order valence-electron chi connectivity index (χ2n) is 3.92. The van der Waals surface area contributed by atoms with Crippen molar-refractivity contribution in [3.05, 3.63) is 40.7 Å². The number of carbonyl (C=O) groups excluding carboxylic acids is 1. The van der Waals surface area contributed by atoms with Crippen LogP contribution in [0.25, 0.3) is 0 Å². The quantitative estimate of drug-likeness (QED) is 0.759. The fourth-order valence-electron chi connectivity index (χ4n) is 1.37. The Kier molecular flexibility index (Phi) is 4.07. The van der Waals surface area contributed by atoms with Crippen LogP contribution in [0.1, 0.15) is 23.0 Å². The first-order chi connectivity index (χ1) is 7.41. The average Bonchev–Trinajstić information content (AvgIpc) is 2.15. The van der Waals surface area contributed by atoms with E-state index in [0.717, 1.165) is 11.3 Å². The van der Waals surface area contributed by atoms with E-state index in [1.807, 2.05) is 13.8 Å². The molecule has 0 aliphatic heterocycles. The lowest BCUT2D eigenvalue weighted by atomic mass is 10.2. The van der Waals surface area contributed by atoms with Crippen molar-refractivity contribution in [1.82, 2.24) is 9.88 Å². The first-order valence-corrected chi connectivity index (χ1v) is 5.31. The Hall–Kier alpha value is -1.35. The van der Waals surface area contributed by atoms with E-state index in [0.29, 0.717) is 17.1 Å². The van der Waals surface area contributed by atoms with Crippen molar-refractivity contribution < 1.29 is 4.79 Å². The molecule has 0 saturated heterocycles. The van der Waals surface area contributed by atoms with Crippen molar-refractivity contribution in [2.75, 3.05) is 13.6 Å². The topological polar surface area (TPSA) is 33.2 Å². The Morgan fingerprint density at radius 2 is 2.25 bits per heavy atom. The monoisotopic (exact) mass is 238 g/mol. The zero-order valence-corrected chi connectivity index (χ0v) is 10.5. The molecule has 0 aromatic carbocycles. The number of pyridine rings is 1. The zero-order valence-electron chi connectivity index (χ0n) is 9.75. The molecular weight excluding hydrogens is 224 g/mol. The SMILES string of the molecule is C=C(C)CN(C)C(=O)c1cnc(C)cc1Cl. The van der Waals surface area contributed by atoms with Crippen molar-refractivity contribution in [2.45, 2.75) is 13.8 Å². The Bertz CT molecular complexity index is 429. The summed E-state index contributed by atoms with van der Waals surface area (Å²) in [6.45, 7) is 7.99. The standard InChI is InChI=1S/C12H15ClN2O/c1-8(2)7-15(4)12(16)10-6-14-9(3)5-11(10)13/h5-6H,1,7H2,2-4H3. The van der Waals surface area contributed by atoms with Crippen molar-refractivity contribution in [2.24, 2.45) is 0 Å². The second-order valence-corrected chi connectivity index (χ2v) is 4.33. The molecular formula is C12H15ClN2O. The maximum Gasteiger partial charge on any atom is 0.256 e. The van der Waals surface area contributed by atoms with E-state index in [1.54, 1.807) is 18.0 Å². The van der Waals surface area contributed by atoms with E-state index in [4.69, 9.17) is 11.6 Å². The predicted octanol–water partition coefficient (Wildman–Crippen LogP) is 2.69. The van der Waals surface area contributed by atoms with Crippen LogP contribution in [0.4, 0.5) is 0 Å². The van der Waals surface area contributed by atoms with Crippen molar-refractivity contribution in [3.63, 3.8) is 0 Å². The van der Waals surface area contributed by atoms with Gasteiger partial charge in [0.2, 0.25) is 0 Å². The molecule has 3 nitrogen and oxygen atoms in total. The van der Waals surface area contributed by atoms with E-state index < -0.39 is 0 Å². The normalized spacial score (nSPS) is 10.0. The molecule has 86 valence electrons. The van der Waals surface area contributed by atoms with Crippen LogP contribution in [-0.2, 0) is 0 Å². The summed E-state index contributed by atoms with van der Waals surface area (Å²) in [6.07, 6.45) is 1.51. The van der Waals surface area contributed by atoms with Gasteiger partial charge in [-0.2, -0.15) is 0 Å². The summed E-state index contributed by atoms with van der Waals surface area (Å²) in [5, 5.41) is 0.436. The smallest absolute Gasteiger partial charge is 0.256 e. The molecule has 0 N–H and O–H groups in total. The van der Waals surface area contributed by atoms with Gasteiger partial charge in [-0.3, -0.25) is 9.78 Å². The second kappa shape index (κ2) is 5.12. The third-order valence-electron chi connectivity index (χ3n) is 2.07. The Morgan fingerprint density at radius 3 is 2.75 bits per heavy atom. The molecule has 0 atom stereocenters. The lowest BCUT2D eigenvalue weighted by molar-refractivity contribution is 0.0806. The van der Waals surface area contributed by atoms with E-state index in [1.165, 1.54) is 6.20 Å². The summed E-state index contributed by atoms with van der Waals surface area (Å²) >= 11 is 6.00. The van der Waals surface area contributed by atoms with Gasteiger partial charge in [0.05, 0.1) is 10.6 Å². The van der Waals surface area contributed by atoms with Gasteiger partial charge in [-0.05, 0) is 19.9 Å². The van der Waals surface area contributed by atoms with Crippen molar-refractivity contribution >= 4 is 17.5 Å². The lowest BCUT2D eigenvalue weighted by Gasteiger charge is -2.17. The molecule has 0 saturated carbocycles. The molecule has 0 spiro atoms. The average molecular weight is 239 g/mol. The van der Waals surface area contributed by atoms with E-state index in [9.17, 15) is 4.79 Å². The van der Waals surface area contributed by atoms with Crippen molar-refractivity contribution in [1.29, 1.82) is 0 Å². The van der Waals surface area contributed by atoms with Gasteiger partial charge in [-0.25, -0.2) is 0 Å². The number of nitrogens with zero attached hydrogens (tertiary/aromatic N) is 2. The van der Waals surface area contributed by atoms with Crippen LogP contribution in [0.15, 0.2) is 24.4 Å². The first kappa shape index (κ1) is 12.7. The maximum absolute atomic E-state index is 12.0. The highest BCUT2D eigenvalue weighted by molar-refractivity contribution is 6.33. The van der Waals surface area contributed by atoms with Crippen LogP contribution in [0.5, 0.6) is 0 Å². The zero-order chi connectivity index (χ0) is 12.3. The van der Waals surface area contributed by atoms with Crippen molar-refractivity contribution in [3.8, 4) is 0 Å². The number of aryl methyl sites for hydroxylation is 1. The molecule has 1 aromatic heterocycles. The van der Waals surface area contributed by atoms with Crippen LogP contribution < -0.4 is 0 Å². The van der Waals surface area contributed by atoms with E-state index in [-0.39, 0.29) is 5.91 Å². The summed E-state index contributed by atoms with van der Waals surface area (Å²) in [5.41, 5.74) is 2.15. The van der Waals surface area contributed by atoms with Gasteiger partial charge < -0.3 is 4.90 Å². The van der Waals surface area contributed by atoms with E-state index >= 15 is 0 Å². The highest BCUT2D eigenvalue weighted by atomic mass is 35.5. The molecule has 1 rings (SSSR count).